The second-order valence-corrected chi connectivity index (χ2v) is 14.3. The van der Waals surface area contributed by atoms with Gasteiger partial charge in [-0.25, -0.2) is 4.98 Å². The van der Waals surface area contributed by atoms with E-state index in [2.05, 4.69) is 184 Å². The van der Waals surface area contributed by atoms with Crippen LogP contribution in [0.1, 0.15) is 12.7 Å². The van der Waals surface area contributed by atoms with Gasteiger partial charge in [-0.2, -0.15) is 0 Å². The Balaban J connectivity index is 1.40. The minimum Gasteiger partial charge on any atom is -0.296 e. The highest BCUT2D eigenvalue weighted by molar-refractivity contribution is 6.68. The summed E-state index contributed by atoms with van der Waals surface area (Å²) in [7, 11) is 11.4. The zero-order valence-electron chi connectivity index (χ0n) is 30.8. The molecule has 0 unspecified atom stereocenters. The molecule has 0 saturated heterocycles. The van der Waals surface area contributed by atoms with E-state index in [4.69, 9.17) is 4.98 Å². The summed E-state index contributed by atoms with van der Waals surface area (Å²) in [5, 5.41) is 7.51. The summed E-state index contributed by atoms with van der Waals surface area (Å²) >= 11 is 0. The lowest BCUT2D eigenvalue weighted by atomic mass is 9.59. The number of hydrogen-bond acceptors (Lipinski definition) is 1. The first-order chi connectivity index (χ1) is 25.4. The molecule has 0 amide bonds. The molecule has 0 radical (unpaired) electrons. The van der Waals surface area contributed by atoms with Crippen LogP contribution in [0, 0.1) is 0 Å². The van der Waals surface area contributed by atoms with Crippen molar-refractivity contribution in [1.82, 2.24) is 9.55 Å². The number of aromatic nitrogens is 2. The summed E-state index contributed by atoms with van der Waals surface area (Å²) < 4.78 is 2.36. The third-order valence-electron chi connectivity index (χ3n) is 11.7. The van der Waals surface area contributed by atoms with Crippen molar-refractivity contribution in [1.29, 1.82) is 0 Å². The van der Waals surface area contributed by atoms with Crippen molar-refractivity contribution in [3.05, 3.63) is 139 Å². The van der Waals surface area contributed by atoms with Crippen molar-refractivity contribution in [2.45, 2.75) is 13.3 Å². The van der Waals surface area contributed by atoms with Crippen molar-refractivity contribution in [3.8, 4) is 39.1 Å². The largest absolute Gasteiger partial charge is 0.296 e. The van der Waals surface area contributed by atoms with Crippen LogP contribution in [0.3, 0.4) is 0 Å². The first kappa shape index (κ1) is 32.3. The van der Waals surface area contributed by atoms with Crippen LogP contribution in [0.4, 0.5) is 0 Å². The molecule has 0 fully saturated rings. The van der Waals surface area contributed by atoms with Crippen LogP contribution in [0.5, 0.6) is 0 Å². The summed E-state index contributed by atoms with van der Waals surface area (Å²) in [5.74, 6) is 1.07. The zero-order chi connectivity index (χ0) is 35.7. The SMILES string of the molecule is Bc1c(B)c(B)c(-c2ccc3c(-c4ccc(-n5c(CC)nc6ccccc65)c5ccccc45)c4ccccc4c(-c4ccccc4)c3c2)c(B)c1B. The van der Waals surface area contributed by atoms with Gasteiger partial charge in [0.15, 0.2) is 0 Å². The summed E-state index contributed by atoms with van der Waals surface area (Å²) in [6.07, 6.45) is 0.849. The molecule has 0 saturated carbocycles. The lowest BCUT2D eigenvalue weighted by Gasteiger charge is -2.23. The smallest absolute Gasteiger partial charge is 0.139 e. The molecule has 7 heteroatoms. The molecule has 0 bridgehead atoms. The van der Waals surface area contributed by atoms with E-state index in [1.54, 1.807) is 0 Å². The summed E-state index contributed by atoms with van der Waals surface area (Å²) in [6.45, 7) is 2.19. The monoisotopic (exact) mass is 660 g/mol. The third-order valence-corrected chi connectivity index (χ3v) is 11.7. The lowest BCUT2D eigenvalue weighted by Crippen LogP contribution is -2.55. The fourth-order valence-corrected chi connectivity index (χ4v) is 8.75. The Bertz CT molecular complexity index is 2870. The maximum atomic E-state index is 5.04. The van der Waals surface area contributed by atoms with Crippen molar-refractivity contribution in [2.24, 2.45) is 0 Å². The average molecular weight is 660 g/mol. The molecule has 0 atom stereocenters. The summed E-state index contributed by atoms with van der Waals surface area (Å²) in [5.41, 5.74) is 17.9. The highest BCUT2D eigenvalue weighted by Crippen LogP contribution is 2.46. The average Bonchev–Trinajstić information content (AvgIpc) is 3.57. The highest BCUT2D eigenvalue weighted by Gasteiger charge is 2.22. The molecular formula is C45H37B5N2. The molecule has 9 rings (SSSR count). The number of aryl methyl sites for hydroxylation is 1. The molecule has 242 valence electrons. The van der Waals surface area contributed by atoms with Crippen molar-refractivity contribution in [2.75, 3.05) is 0 Å². The number of fused-ring (bicyclic) bond motifs is 4. The third kappa shape index (κ3) is 4.83. The topological polar surface area (TPSA) is 17.8 Å². The first-order valence-electron chi connectivity index (χ1n) is 18.5. The van der Waals surface area contributed by atoms with E-state index in [9.17, 15) is 0 Å². The maximum Gasteiger partial charge on any atom is 0.139 e. The first-order valence-corrected chi connectivity index (χ1v) is 18.5. The Hall–Kier alpha value is -5.67. The Morgan fingerprint density at radius 1 is 0.462 bits per heavy atom. The van der Waals surface area contributed by atoms with Gasteiger partial charge in [-0.3, -0.25) is 4.57 Å². The molecule has 0 spiro atoms. The van der Waals surface area contributed by atoms with Crippen LogP contribution in [0.25, 0.3) is 82.4 Å². The Morgan fingerprint density at radius 3 is 1.75 bits per heavy atom. The minimum atomic E-state index is 0.849. The number of hydrogen-bond donors (Lipinski definition) is 0. The normalized spacial score (nSPS) is 11.6. The number of benzene rings is 8. The quantitative estimate of drug-likeness (QED) is 0.205. The lowest BCUT2D eigenvalue weighted by molar-refractivity contribution is 0.913. The molecule has 52 heavy (non-hydrogen) atoms. The summed E-state index contributed by atoms with van der Waals surface area (Å²) in [6, 6.07) is 49.2. The fourth-order valence-electron chi connectivity index (χ4n) is 8.75. The predicted octanol–water partition coefficient (Wildman–Crippen LogP) is 3.34. The second kappa shape index (κ2) is 12.5. The molecule has 0 N–H and O–H groups in total. The van der Waals surface area contributed by atoms with E-state index in [0.29, 0.717) is 0 Å². The molecule has 0 aliphatic carbocycles. The van der Waals surface area contributed by atoms with Crippen molar-refractivity contribution >= 4 is 110 Å². The van der Waals surface area contributed by atoms with E-state index >= 15 is 0 Å². The van der Waals surface area contributed by atoms with Crippen LogP contribution in [0.15, 0.2) is 133 Å². The van der Waals surface area contributed by atoms with Crippen LogP contribution in [0.2, 0.25) is 0 Å². The molecule has 1 heterocycles. The van der Waals surface area contributed by atoms with Gasteiger partial charge in [0, 0.05) is 11.8 Å². The van der Waals surface area contributed by atoms with E-state index in [1.165, 1.54) is 93.0 Å². The Morgan fingerprint density at radius 2 is 1.04 bits per heavy atom. The Kier molecular flexibility index (Phi) is 7.77. The number of nitrogens with zero attached hydrogens (tertiary/aromatic N) is 2. The van der Waals surface area contributed by atoms with Crippen molar-refractivity contribution in [3.63, 3.8) is 0 Å². The zero-order valence-corrected chi connectivity index (χ0v) is 30.8. The van der Waals surface area contributed by atoms with Gasteiger partial charge in [0.1, 0.15) is 45.1 Å². The molecule has 1 aromatic heterocycles. The van der Waals surface area contributed by atoms with Gasteiger partial charge in [-0.15, -0.1) is 16.4 Å². The number of rotatable bonds is 5. The van der Waals surface area contributed by atoms with E-state index in [1.807, 2.05) is 0 Å². The van der Waals surface area contributed by atoms with Gasteiger partial charge in [0.2, 0.25) is 0 Å². The predicted molar refractivity (Wildman–Crippen MR) is 240 cm³/mol. The molecule has 2 nitrogen and oxygen atoms in total. The van der Waals surface area contributed by atoms with Gasteiger partial charge < -0.3 is 0 Å². The van der Waals surface area contributed by atoms with Gasteiger partial charge in [-0.1, -0.05) is 127 Å². The van der Waals surface area contributed by atoms with Gasteiger partial charge in [0.05, 0.1) is 16.7 Å². The Labute approximate surface area is 310 Å². The number of imidazole rings is 1. The van der Waals surface area contributed by atoms with E-state index in [-0.39, 0.29) is 0 Å². The molecule has 0 aliphatic heterocycles. The molecule has 8 aromatic carbocycles. The second-order valence-electron chi connectivity index (χ2n) is 14.3. The van der Waals surface area contributed by atoms with E-state index in [0.717, 1.165) is 29.0 Å². The summed E-state index contributed by atoms with van der Waals surface area (Å²) in [4.78, 5) is 5.04. The van der Waals surface area contributed by atoms with Gasteiger partial charge in [0.25, 0.3) is 0 Å². The van der Waals surface area contributed by atoms with Crippen LogP contribution in [-0.4, -0.2) is 48.8 Å². The molecule has 9 aromatic rings. The maximum absolute atomic E-state index is 5.04. The van der Waals surface area contributed by atoms with Crippen LogP contribution >= 0.6 is 0 Å². The van der Waals surface area contributed by atoms with Gasteiger partial charge in [-0.05, 0) is 84.6 Å². The molecular weight excluding hydrogens is 623 g/mol. The van der Waals surface area contributed by atoms with E-state index < -0.39 is 0 Å². The highest BCUT2D eigenvalue weighted by atomic mass is 15.1. The minimum absolute atomic E-state index is 0.849. The van der Waals surface area contributed by atoms with Crippen LogP contribution < -0.4 is 27.3 Å². The van der Waals surface area contributed by atoms with Crippen LogP contribution in [-0.2, 0) is 6.42 Å². The van der Waals surface area contributed by atoms with Gasteiger partial charge >= 0.3 is 0 Å². The standard InChI is InChI=1S/C45H37B5N2/c1-2-37-51-34-18-10-11-19-36(34)52(37)35-23-22-31(27-14-6-7-15-28(27)35)40-30-17-9-8-16-29(30)38(25-12-4-3-5-13-25)33-24-26(20-21-32(33)40)39-41(46)43(48)45(50)44(49)42(39)47/h3-24H,2,46-50H2,1H3. The molecule has 0 aliphatic rings. The number of para-hydroxylation sites is 2. The van der Waals surface area contributed by atoms with Crippen molar-refractivity contribution < 1.29 is 0 Å². The fraction of sp³-hybridized carbons (Fsp3) is 0.0444.